The van der Waals surface area contributed by atoms with Gasteiger partial charge in [-0.05, 0) is 18.4 Å². The van der Waals surface area contributed by atoms with Gasteiger partial charge in [0.05, 0.1) is 0 Å². The van der Waals surface area contributed by atoms with Crippen LogP contribution in [0.3, 0.4) is 0 Å². The molecule has 0 spiro atoms. The number of hydrogen-bond donors (Lipinski definition) is 0. The number of hydrogen-bond acceptors (Lipinski definition) is 0. The Balaban J connectivity index is -0.000000320. The number of benzene rings is 1. The minimum Gasteiger partial charge on any atom is -1.00 e. The van der Waals surface area contributed by atoms with Gasteiger partial charge in [0.2, 0.25) is 0 Å². The molecular formula is C16H28Na2. The fourth-order valence-corrected chi connectivity index (χ4v) is 2.11. The van der Waals surface area contributed by atoms with Gasteiger partial charge in [0.15, 0.2) is 0 Å². The third-order valence-electron chi connectivity index (χ3n) is 3.16. The molecule has 2 heteroatoms. The van der Waals surface area contributed by atoms with Gasteiger partial charge in [-0.2, -0.15) is 0 Å². The Kier molecular flexibility index (Phi) is 19.5. The molecule has 1 aromatic rings. The van der Waals surface area contributed by atoms with Crippen LogP contribution in [0.5, 0.6) is 0 Å². The summed E-state index contributed by atoms with van der Waals surface area (Å²) in [6.07, 6.45) is 12.5. The maximum atomic E-state index is 2.28. The number of rotatable bonds is 9. The number of aryl methyl sites for hydroxylation is 1. The van der Waals surface area contributed by atoms with Crippen LogP contribution in [0.4, 0.5) is 0 Å². The van der Waals surface area contributed by atoms with Crippen molar-refractivity contribution in [3.8, 4) is 0 Å². The van der Waals surface area contributed by atoms with Crippen molar-refractivity contribution in [2.45, 2.75) is 64.7 Å². The van der Waals surface area contributed by atoms with Gasteiger partial charge in [0.25, 0.3) is 0 Å². The van der Waals surface area contributed by atoms with E-state index in [0.717, 1.165) is 0 Å². The standard InChI is InChI=1S/C16H26.2Na.2H/c1-2-3-4-5-6-7-8-10-13-16-14-11-9-12-15-16;;;;/h9,11-12,14-15H,2-8,10,13H2,1H3;;;;/q;2*+1;2*-1. The first-order valence-electron chi connectivity index (χ1n) is 6.97. The minimum atomic E-state index is 0. The first-order valence-corrected chi connectivity index (χ1v) is 6.97. The maximum Gasteiger partial charge on any atom is 1.00 e. The van der Waals surface area contributed by atoms with Crippen LogP contribution in [0.2, 0.25) is 0 Å². The second-order valence-corrected chi connectivity index (χ2v) is 4.71. The molecule has 0 saturated carbocycles. The van der Waals surface area contributed by atoms with E-state index in [-0.39, 0.29) is 62.0 Å². The molecule has 0 heterocycles. The quantitative estimate of drug-likeness (QED) is 0.422. The molecule has 18 heavy (non-hydrogen) atoms. The summed E-state index contributed by atoms with van der Waals surface area (Å²) < 4.78 is 0. The molecule has 0 N–H and O–H groups in total. The smallest absolute Gasteiger partial charge is 1.00 e. The second kappa shape index (κ2) is 16.3. The van der Waals surface area contributed by atoms with Crippen LogP contribution >= 0.6 is 0 Å². The molecule has 0 nitrogen and oxygen atoms in total. The summed E-state index contributed by atoms with van der Waals surface area (Å²) in [6.45, 7) is 2.28. The zero-order valence-electron chi connectivity index (χ0n) is 14.8. The summed E-state index contributed by atoms with van der Waals surface area (Å²) in [5.41, 5.74) is 1.49. The summed E-state index contributed by atoms with van der Waals surface area (Å²) in [5, 5.41) is 0. The Labute approximate surface area is 161 Å². The SMILES string of the molecule is CCCCCCCCCCc1ccccc1.[H-].[H-].[Na+].[Na+]. The molecule has 0 radical (unpaired) electrons. The van der Waals surface area contributed by atoms with Crippen LogP contribution in [0.15, 0.2) is 30.3 Å². The average molecular weight is 266 g/mol. The second-order valence-electron chi connectivity index (χ2n) is 4.71. The summed E-state index contributed by atoms with van der Waals surface area (Å²) in [4.78, 5) is 0. The van der Waals surface area contributed by atoms with Crippen molar-refractivity contribution in [3.05, 3.63) is 35.9 Å². The molecule has 0 aliphatic rings. The van der Waals surface area contributed by atoms with Crippen molar-refractivity contribution in [3.63, 3.8) is 0 Å². The van der Waals surface area contributed by atoms with E-state index in [0.29, 0.717) is 0 Å². The molecule has 0 aliphatic heterocycles. The van der Waals surface area contributed by atoms with E-state index < -0.39 is 0 Å². The Morgan fingerprint density at radius 1 is 0.722 bits per heavy atom. The van der Waals surface area contributed by atoms with Crippen LogP contribution in [-0.2, 0) is 6.42 Å². The Hall–Kier alpha value is 1.22. The summed E-state index contributed by atoms with van der Waals surface area (Å²) >= 11 is 0. The van der Waals surface area contributed by atoms with Crippen LogP contribution < -0.4 is 59.1 Å². The van der Waals surface area contributed by atoms with Gasteiger partial charge in [0, 0.05) is 0 Å². The van der Waals surface area contributed by atoms with Gasteiger partial charge in [-0.1, -0.05) is 82.2 Å². The third-order valence-corrected chi connectivity index (χ3v) is 3.16. The normalized spacial score (nSPS) is 9.39. The fraction of sp³-hybridized carbons (Fsp3) is 0.625. The van der Waals surface area contributed by atoms with Crippen molar-refractivity contribution in [1.82, 2.24) is 0 Å². The summed E-state index contributed by atoms with van der Waals surface area (Å²) in [5.74, 6) is 0. The van der Waals surface area contributed by atoms with Crippen LogP contribution in [0.1, 0.15) is 66.7 Å². The van der Waals surface area contributed by atoms with Crippen molar-refractivity contribution >= 4 is 0 Å². The molecule has 1 rings (SSSR count). The zero-order valence-corrected chi connectivity index (χ0v) is 16.8. The monoisotopic (exact) mass is 266 g/mol. The van der Waals surface area contributed by atoms with Crippen LogP contribution in [0.25, 0.3) is 0 Å². The molecule has 0 amide bonds. The van der Waals surface area contributed by atoms with Gasteiger partial charge in [-0.3, -0.25) is 0 Å². The molecule has 0 saturated heterocycles. The van der Waals surface area contributed by atoms with Crippen LogP contribution in [-0.4, -0.2) is 0 Å². The van der Waals surface area contributed by atoms with Crippen molar-refractivity contribution in [1.29, 1.82) is 0 Å². The minimum absolute atomic E-state index is 0. The van der Waals surface area contributed by atoms with E-state index >= 15 is 0 Å². The van der Waals surface area contributed by atoms with Crippen LogP contribution in [0, 0.1) is 0 Å². The molecule has 0 unspecified atom stereocenters. The summed E-state index contributed by atoms with van der Waals surface area (Å²) in [6, 6.07) is 10.8. The molecule has 0 aliphatic carbocycles. The van der Waals surface area contributed by atoms with E-state index in [9.17, 15) is 0 Å². The van der Waals surface area contributed by atoms with Gasteiger partial charge in [0.1, 0.15) is 0 Å². The first-order chi connectivity index (χ1) is 7.93. The van der Waals surface area contributed by atoms with Crippen molar-refractivity contribution < 1.29 is 62.0 Å². The Morgan fingerprint density at radius 2 is 1.22 bits per heavy atom. The largest absolute Gasteiger partial charge is 1.00 e. The van der Waals surface area contributed by atoms with E-state index in [1.54, 1.807) is 0 Å². The van der Waals surface area contributed by atoms with E-state index in [1.807, 2.05) is 0 Å². The average Bonchev–Trinajstić information content (AvgIpc) is 2.34. The molecule has 0 fully saturated rings. The molecule has 1 aromatic carbocycles. The molecule has 94 valence electrons. The van der Waals surface area contributed by atoms with Crippen molar-refractivity contribution in [2.75, 3.05) is 0 Å². The predicted octanol–water partition coefficient (Wildman–Crippen LogP) is -0.397. The molecule has 0 bridgehead atoms. The molecule has 0 aromatic heterocycles. The topological polar surface area (TPSA) is 0 Å². The van der Waals surface area contributed by atoms with Gasteiger partial charge in [-0.15, -0.1) is 0 Å². The Morgan fingerprint density at radius 3 is 1.78 bits per heavy atom. The zero-order chi connectivity index (χ0) is 11.5. The third kappa shape index (κ3) is 12.3. The summed E-state index contributed by atoms with van der Waals surface area (Å²) in [7, 11) is 0. The maximum absolute atomic E-state index is 2.28. The van der Waals surface area contributed by atoms with E-state index in [2.05, 4.69) is 37.3 Å². The predicted molar refractivity (Wildman–Crippen MR) is 75.0 cm³/mol. The van der Waals surface area contributed by atoms with Gasteiger partial charge < -0.3 is 2.85 Å². The fourth-order valence-electron chi connectivity index (χ4n) is 2.11. The number of unbranched alkanes of at least 4 members (excludes halogenated alkanes) is 7. The first kappa shape index (κ1) is 21.5. The van der Waals surface area contributed by atoms with Gasteiger partial charge in [-0.25, -0.2) is 0 Å². The molecular weight excluding hydrogens is 238 g/mol. The van der Waals surface area contributed by atoms with Crippen molar-refractivity contribution in [2.24, 2.45) is 0 Å². The van der Waals surface area contributed by atoms with Gasteiger partial charge >= 0.3 is 59.1 Å². The molecule has 0 atom stereocenters. The van der Waals surface area contributed by atoms with E-state index in [1.165, 1.54) is 63.4 Å². The van der Waals surface area contributed by atoms with E-state index in [4.69, 9.17) is 0 Å². The Bertz CT molecular complexity index is 256.